The Kier molecular flexibility index (Phi) is 2.14. The zero-order valence-electron chi connectivity index (χ0n) is 9.18. The first-order valence-electron chi connectivity index (χ1n) is 5.15. The van der Waals surface area contributed by atoms with E-state index in [1.807, 2.05) is 28.9 Å². The Hall–Kier alpha value is -2.57. The van der Waals surface area contributed by atoms with Crippen molar-refractivity contribution < 1.29 is 0 Å². The average Bonchev–Trinajstić information content (AvgIpc) is 2.96. The minimum Gasteiger partial charge on any atom is -0.356 e. The molecule has 0 saturated carbocycles. The van der Waals surface area contributed by atoms with Crippen molar-refractivity contribution in [1.29, 1.82) is 0 Å². The highest BCUT2D eigenvalue weighted by atomic mass is 15.3. The van der Waals surface area contributed by atoms with Gasteiger partial charge in [-0.3, -0.25) is 0 Å². The molecule has 3 N–H and O–H groups in total. The van der Waals surface area contributed by atoms with Crippen molar-refractivity contribution in [2.45, 2.75) is 0 Å². The third-order valence-corrected chi connectivity index (χ3v) is 2.37. The van der Waals surface area contributed by atoms with Crippen molar-refractivity contribution in [2.75, 3.05) is 17.7 Å². The van der Waals surface area contributed by atoms with Gasteiger partial charge in [0.15, 0.2) is 0 Å². The number of nitrogens with zero attached hydrogens (tertiary/aromatic N) is 4. The summed E-state index contributed by atoms with van der Waals surface area (Å²) in [4.78, 5) is 8.38. The molecule has 7 heteroatoms. The quantitative estimate of drug-likeness (QED) is 0.629. The molecule has 0 atom stereocenters. The molecule has 3 aromatic rings. The highest BCUT2D eigenvalue weighted by molar-refractivity contribution is 5.59. The fraction of sp³-hybridized carbons (Fsp3) is 0.100. The molecule has 0 aromatic carbocycles. The van der Waals surface area contributed by atoms with Crippen LogP contribution in [0.15, 0.2) is 30.7 Å². The summed E-state index contributed by atoms with van der Waals surface area (Å²) in [6.07, 6.45) is 5.58. The van der Waals surface area contributed by atoms with Crippen molar-refractivity contribution >= 4 is 23.2 Å². The van der Waals surface area contributed by atoms with Crippen LogP contribution >= 0.6 is 0 Å². The van der Waals surface area contributed by atoms with Gasteiger partial charge < -0.3 is 15.0 Å². The number of nitrogens with one attached hydrogen (secondary N) is 3. The summed E-state index contributed by atoms with van der Waals surface area (Å²) in [5, 5.41) is 12.7. The number of aromatic nitrogens is 5. The minimum atomic E-state index is 0.550. The number of fused-ring (bicyclic) bond motifs is 1. The molecule has 0 saturated heterocycles. The van der Waals surface area contributed by atoms with Gasteiger partial charge >= 0.3 is 0 Å². The fourth-order valence-electron chi connectivity index (χ4n) is 1.55. The first-order chi connectivity index (χ1) is 8.35. The average molecular weight is 229 g/mol. The first-order valence-corrected chi connectivity index (χ1v) is 5.15. The molecule has 0 radical (unpaired) electrons. The minimum absolute atomic E-state index is 0.550. The number of rotatable bonds is 3. The summed E-state index contributed by atoms with van der Waals surface area (Å²) in [5.41, 5.74) is 1.78. The van der Waals surface area contributed by atoms with Crippen molar-refractivity contribution in [1.82, 2.24) is 24.6 Å². The number of pyridine rings is 1. The lowest BCUT2D eigenvalue weighted by atomic mass is 10.4. The van der Waals surface area contributed by atoms with Crippen molar-refractivity contribution in [2.24, 2.45) is 0 Å². The summed E-state index contributed by atoms with van der Waals surface area (Å²) in [5.74, 6) is 1.14. The van der Waals surface area contributed by atoms with Crippen molar-refractivity contribution in [3.63, 3.8) is 0 Å². The second-order valence-corrected chi connectivity index (χ2v) is 3.49. The molecule has 3 heterocycles. The standard InChI is InChI=1S/C10H11N7/c1-11-9-14-10(16-15-9)13-7-2-4-17-5-3-12-8(17)6-7/h2-6H,1H3,(H3,11,13,14,15,16). The van der Waals surface area contributed by atoms with E-state index < -0.39 is 0 Å². The highest BCUT2D eigenvalue weighted by Crippen LogP contribution is 2.15. The molecule has 0 aliphatic rings. The second kappa shape index (κ2) is 3.78. The number of aromatic amines is 1. The maximum absolute atomic E-state index is 4.21. The number of H-pyrrole nitrogens is 1. The maximum atomic E-state index is 4.21. The van der Waals surface area contributed by atoms with Crippen LogP contribution in [0.1, 0.15) is 0 Å². The summed E-state index contributed by atoms with van der Waals surface area (Å²) in [6.45, 7) is 0. The van der Waals surface area contributed by atoms with Gasteiger partial charge in [0.2, 0.25) is 11.9 Å². The molecule has 0 unspecified atom stereocenters. The molecule has 0 aliphatic heterocycles. The number of anilines is 3. The van der Waals surface area contributed by atoms with Crippen LogP contribution in [0.5, 0.6) is 0 Å². The largest absolute Gasteiger partial charge is 0.356 e. The number of imidazole rings is 1. The van der Waals surface area contributed by atoms with E-state index in [0.29, 0.717) is 11.9 Å². The molecular weight excluding hydrogens is 218 g/mol. The van der Waals surface area contributed by atoms with Crippen LogP contribution in [-0.2, 0) is 0 Å². The maximum Gasteiger partial charge on any atom is 0.243 e. The van der Waals surface area contributed by atoms with Gasteiger partial charge in [0.1, 0.15) is 5.65 Å². The highest BCUT2D eigenvalue weighted by Gasteiger charge is 2.02. The number of hydrogen-bond acceptors (Lipinski definition) is 5. The zero-order chi connectivity index (χ0) is 11.7. The molecule has 86 valence electrons. The Bertz CT molecular complexity index is 639. The molecule has 0 amide bonds. The molecular formula is C10H11N7. The molecule has 0 fully saturated rings. The number of hydrogen-bond donors (Lipinski definition) is 3. The second-order valence-electron chi connectivity index (χ2n) is 3.49. The Labute approximate surface area is 96.9 Å². The van der Waals surface area contributed by atoms with Crippen LogP contribution in [0.3, 0.4) is 0 Å². The Morgan fingerprint density at radius 3 is 3.12 bits per heavy atom. The van der Waals surface area contributed by atoms with Crippen LogP contribution in [-0.4, -0.2) is 31.6 Å². The summed E-state index contributed by atoms with van der Waals surface area (Å²) >= 11 is 0. The molecule has 0 aliphatic carbocycles. The summed E-state index contributed by atoms with van der Waals surface area (Å²) in [6, 6.07) is 3.87. The van der Waals surface area contributed by atoms with Crippen LogP contribution in [0.25, 0.3) is 5.65 Å². The van der Waals surface area contributed by atoms with Gasteiger partial charge in [0, 0.05) is 37.4 Å². The lowest BCUT2D eigenvalue weighted by Crippen LogP contribution is -1.94. The van der Waals surface area contributed by atoms with E-state index >= 15 is 0 Å². The predicted octanol–water partition coefficient (Wildman–Crippen LogP) is 1.24. The van der Waals surface area contributed by atoms with Crippen LogP contribution in [0, 0.1) is 0 Å². The Balaban J connectivity index is 1.88. The van der Waals surface area contributed by atoms with Crippen LogP contribution in [0.4, 0.5) is 17.6 Å². The topological polar surface area (TPSA) is 82.9 Å². The van der Waals surface area contributed by atoms with Gasteiger partial charge in [0.05, 0.1) is 0 Å². The SMILES string of the molecule is CNc1n[nH]c(Nc2ccn3ccnc3c2)n1. The predicted molar refractivity (Wildman–Crippen MR) is 64.4 cm³/mol. The van der Waals surface area contributed by atoms with Crippen LogP contribution in [0.2, 0.25) is 0 Å². The molecule has 0 bridgehead atoms. The van der Waals surface area contributed by atoms with Gasteiger partial charge in [-0.05, 0) is 6.07 Å². The van der Waals surface area contributed by atoms with Gasteiger partial charge in [-0.1, -0.05) is 0 Å². The molecule has 3 aromatic heterocycles. The monoisotopic (exact) mass is 229 g/mol. The van der Waals surface area contributed by atoms with E-state index in [2.05, 4.69) is 30.8 Å². The third-order valence-electron chi connectivity index (χ3n) is 2.37. The summed E-state index contributed by atoms with van der Waals surface area (Å²) in [7, 11) is 1.77. The van der Waals surface area contributed by atoms with Gasteiger partial charge in [0.25, 0.3) is 0 Å². The van der Waals surface area contributed by atoms with Crippen molar-refractivity contribution in [3.05, 3.63) is 30.7 Å². The molecule has 3 rings (SSSR count). The fourth-order valence-corrected chi connectivity index (χ4v) is 1.55. The molecule has 7 nitrogen and oxygen atoms in total. The van der Waals surface area contributed by atoms with E-state index in [1.54, 1.807) is 13.2 Å². The van der Waals surface area contributed by atoms with E-state index in [4.69, 9.17) is 0 Å². The zero-order valence-corrected chi connectivity index (χ0v) is 9.18. The normalized spacial score (nSPS) is 10.6. The Morgan fingerprint density at radius 2 is 2.29 bits per heavy atom. The van der Waals surface area contributed by atoms with Gasteiger partial charge in [-0.2, -0.15) is 4.98 Å². The van der Waals surface area contributed by atoms with Crippen molar-refractivity contribution in [3.8, 4) is 0 Å². The smallest absolute Gasteiger partial charge is 0.243 e. The lowest BCUT2D eigenvalue weighted by Gasteiger charge is -2.02. The molecule has 0 spiro atoms. The van der Waals surface area contributed by atoms with Crippen LogP contribution < -0.4 is 10.6 Å². The third kappa shape index (κ3) is 1.78. The van der Waals surface area contributed by atoms with E-state index in [-0.39, 0.29) is 0 Å². The van der Waals surface area contributed by atoms with E-state index in [1.165, 1.54) is 0 Å². The van der Waals surface area contributed by atoms with Gasteiger partial charge in [-0.25, -0.2) is 10.1 Å². The summed E-state index contributed by atoms with van der Waals surface area (Å²) < 4.78 is 1.94. The Morgan fingerprint density at radius 1 is 1.35 bits per heavy atom. The lowest BCUT2D eigenvalue weighted by molar-refractivity contribution is 1.09. The first kappa shape index (κ1) is 9.64. The van der Waals surface area contributed by atoms with Gasteiger partial charge in [-0.15, -0.1) is 5.10 Å². The van der Waals surface area contributed by atoms with E-state index in [0.717, 1.165) is 11.3 Å². The van der Waals surface area contributed by atoms with E-state index in [9.17, 15) is 0 Å². The molecule has 17 heavy (non-hydrogen) atoms.